The van der Waals surface area contributed by atoms with Crippen molar-refractivity contribution in [1.29, 1.82) is 0 Å². The van der Waals surface area contributed by atoms with E-state index in [0.29, 0.717) is 12.8 Å². The maximum atomic E-state index is 11.6. The Balaban J connectivity index is 2.75. The van der Waals surface area contributed by atoms with Crippen LogP contribution in [-0.2, 0) is 14.6 Å². The van der Waals surface area contributed by atoms with E-state index < -0.39 is 15.1 Å². The van der Waals surface area contributed by atoms with Crippen molar-refractivity contribution in [2.45, 2.75) is 38.4 Å². The van der Waals surface area contributed by atoms with Gasteiger partial charge in [-0.3, -0.25) is 4.79 Å². The number of sulfone groups is 1. The summed E-state index contributed by atoms with van der Waals surface area (Å²) < 4.78 is 23.3. The first-order valence-electron chi connectivity index (χ1n) is 4.68. The minimum atomic E-state index is -3.16. The minimum Gasteiger partial charge on any atom is -0.298 e. The second-order valence-electron chi connectivity index (χ2n) is 4.07. The van der Waals surface area contributed by atoms with Crippen LogP contribution in [0.2, 0.25) is 0 Å². The summed E-state index contributed by atoms with van der Waals surface area (Å²) in [4.78, 5) is 11.2. The van der Waals surface area contributed by atoms with E-state index in [9.17, 15) is 13.2 Å². The predicted molar refractivity (Wildman–Crippen MR) is 51.3 cm³/mol. The lowest BCUT2D eigenvalue weighted by atomic mass is 10.3. The third kappa shape index (κ3) is 2.53. The average molecular weight is 204 g/mol. The Morgan fingerprint density at radius 1 is 1.46 bits per heavy atom. The maximum Gasteiger partial charge on any atom is 0.160 e. The number of hydrogen-bond acceptors (Lipinski definition) is 3. The third-order valence-corrected chi connectivity index (χ3v) is 4.74. The topological polar surface area (TPSA) is 51.2 Å². The summed E-state index contributed by atoms with van der Waals surface area (Å²) in [6.45, 7) is 3.72. The van der Waals surface area contributed by atoms with E-state index in [4.69, 9.17) is 0 Å². The number of hydrogen-bond donors (Lipinski definition) is 0. The van der Waals surface area contributed by atoms with E-state index >= 15 is 0 Å². The summed E-state index contributed by atoms with van der Waals surface area (Å²) >= 11 is 0. The molecule has 1 rings (SSSR count). The maximum absolute atomic E-state index is 11.6. The van der Waals surface area contributed by atoms with Gasteiger partial charge in [-0.2, -0.15) is 0 Å². The zero-order valence-electron chi connectivity index (χ0n) is 8.12. The molecule has 0 spiro atoms. The first-order valence-corrected chi connectivity index (χ1v) is 6.39. The second-order valence-corrected chi connectivity index (χ2v) is 6.30. The van der Waals surface area contributed by atoms with Crippen molar-refractivity contribution in [3.8, 4) is 0 Å². The monoisotopic (exact) mass is 204 g/mol. The fourth-order valence-electron chi connectivity index (χ4n) is 1.74. The molecule has 13 heavy (non-hydrogen) atoms. The van der Waals surface area contributed by atoms with Gasteiger partial charge in [0.25, 0.3) is 0 Å². The van der Waals surface area contributed by atoms with Crippen LogP contribution in [0.5, 0.6) is 0 Å². The van der Waals surface area contributed by atoms with Crippen LogP contribution in [0.3, 0.4) is 0 Å². The Morgan fingerprint density at radius 3 is 2.46 bits per heavy atom. The molecule has 1 atom stereocenters. The van der Waals surface area contributed by atoms with Crippen LogP contribution in [0.1, 0.15) is 33.1 Å². The highest BCUT2D eigenvalue weighted by molar-refractivity contribution is 7.92. The molecule has 1 aliphatic carbocycles. The van der Waals surface area contributed by atoms with Crippen molar-refractivity contribution in [2.75, 3.05) is 5.75 Å². The van der Waals surface area contributed by atoms with Gasteiger partial charge in [-0.05, 0) is 18.8 Å². The van der Waals surface area contributed by atoms with Crippen molar-refractivity contribution >= 4 is 15.6 Å². The molecule has 0 saturated heterocycles. The van der Waals surface area contributed by atoms with E-state index in [1.165, 1.54) is 0 Å². The van der Waals surface area contributed by atoms with Gasteiger partial charge in [-0.1, -0.05) is 13.8 Å². The van der Waals surface area contributed by atoms with E-state index in [0.717, 1.165) is 6.42 Å². The summed E-state index contributed by atoms with van der Waals surface area (Å²) in [6, 6.07) is 0. The van der Waals surface area contributed by atoms with Crippen LogP contribution in [0, 0.1) is 5.92 Å². The summed E-state index contributed by atoms with van der Waals surface area (Å²) in [5.41, 5.74) is 0. The molecule has 4 heteroatoms. The van der Waals surface area contributed by atoms with Gasteiger partial charge >= 0.3 is 0 Å². The average Bonchev–Trinajstić information content (AvgIpc) is 2.32. The van der Waals surface area contributed by atoms with Crippen molar-refractivity contribution in [2.24, 2.45) is 5.92 Å². The Kier molecular flexibility index (Phi) is 3.11. The Morgan fingerprint density at radius 2 is 2.08 bits per heavy atom. The Labute approximate surface area is 79.4 Å². The van der Waals surface area contributed by atoms with Crippen molar-refractivity contribution < 1.29 is 13.2 Å². The predicted octanol–water partition coefficient (Wildman–Crippen LogP) is 1.18. The lowest BCUT2D eigenvalue weighted by Crippen LogP contribution is -2.29. The van der Waals surface area contributed by atoms with Crippen molar-refractivity contribution in [3.63, 3.8) is 0 Å². The molecule has 0 radical (unpaired) electrons. The van der Waals surface area contributed by atoms with E-state index in [-0.39, 0.29) is 17.5 Å². The molecule has 0 aromatic rings. The molecule has 3 nitrogen and oxygen atoms in total. The SMILES string of the molecule is CC(C)CS(=O)(=O)C1CCCC1=O. The molecular formula is C9H16O3S. The first-order chi connectivity index (χ1) is 5.93. The number of Topliss-reactive ketones (excluding diaryl/α,β-unsaturated/α-hetero) is 1. The van der Waals surface area contributed by atoms with E-state index in [1.807, 2.05) is 13.8 Å². The fraction of sp³-hybridized carbons (Fsp3) is 0.889. The van der Waals surface area contributed by atoms with Gasteiger partial charge in [0.05, 0.1) is 5.75 Å². The molecule has 0 bridgehead atoms. The lowest BCUT2D eigenvalue weighted by molar-refractivity contribution is -0.117. The van der Waals surface area contributed by atoms with Crippen LogP contribution >= 0.6 is 0 Å². The van der Waals surface area contributed by atoms with Gasteiger partial charge < -0.3 is 0 Å². The van der Waals surface area contributed by atoms with Gasteiger partial charge in [0, 0.05) is 6.42 Å². The number of carbonyl (C=O) groups is 1. The highest BCUT2D eigenvalue weighted by Gasteiger charge is 2.35. The quantitative estimate of drug-likeness (QED) is 0.693. The summed E-state index contributed by atoms with van der Waals surface area (Å²) in [7, 11) is -3.16. The zero-order chi connectivity index (χ0) is 10.1. The first kappa shape index (κ1) is 10.7. The lowest BCUT2D eigenvalue weighted by Gasteiger charge is -2.11. The molecule has 1 aliphatic rings. The molecule has 1 saturated carbocycles. The van der Waals surface area contributed by atoms with Crippen LogP contribution in [0.4, 0.5) is 0 Å². The summed E-state index contributed by atoms with van der Waals surface area (Å²) in [5, 5.41) is -0.685. The fourth-order valence-corrected chi connectivity index (χ4v) is 3.95. The van der Waals surface area contributed by atoms with E-state index in [2.05, 4.69) is 0 Å². The Hall–Kier alpha value is -0.380. The standard InChI is InChI=1S/C9H16O3S/c1-7(2)6-13(11,12)9-5-3-4-8(9)10/h7,9H,3-6H2,1-2H3. The molecule has 0 aromatic heterocycles. The zero-order valence-corrected chi connectivity index (χ0v) is 8.93. The smallest absolute Gasteiger partial charge is 0.160 e. The molecule has 1 fully saturated rings. The molecule has 0 amide bonds. The van der Waals surface area contributed by atoms with Crippen LogP contribution in [0.25, 0.3) is 0 Å². The molecule has 1 unspecified atom stereocenters. The van der Waals surface area contributed by atoms with Gasteiger partial charge in [-0.15, -0.1) is 0 Å². The van der Waals surface area contributed by atoms with Gasteiger partial charge in [0.15, 0.2) is 15.6 Å². The highest BCUT2D eigenvalue weighted by Crippen LogP contribution is 2.23. The number of ketones is 1. The van der Waals surface area contributed by atoms with Crippen LogP contribution in [-0.4, -0.2) is 25.2 Å². The molecule has 76 valence electrons. The summed E-state index contributed by atoms with van der Waals surface area (Å²) in [5.74, 6) is 0.169. The third-order valence-electron chi connectivity index (χ3n) is 2.25. The molecule has 0 heterocycles. The van der Waals surface area contributed by atoms with Crippen molar-refractivity contribution in [3.05, 3.63) is 0 Å². The molecule has 0 N–H and O–H groups in total. The van der Waals surface area contributed by atoms with Gasteiger partial charge in [-0.25, -0.2) is 8.42 Å². The minimum absolute atomic E-state index is 0.0827. The molecule has 0 aromatic carbocycles. The van der Waals surface area contributed by atoms with Crippen molar-refractivity contribution in [1.82, 2.24) is 0 Å². The second kappa shape index (κ2) is 3.78. The molecular weight excluding hydrogens is 188 g/mol. The van der Waals surface area contributed by atoms with E-state index in [1.54, 1.807) is 0 Å². The summed E-state index contributed by atoms with van der Waals surface area (Å²) in [6.07, 6.45) is 1.72. The van der Waals surface area contributed by atoms with Gasteiger partial charge in [0.1, 0.15) is 5.25 Å². The number of carbonyl (C=O) groups excluding carboxylic acids is 1. The largest absolute Gasteiger partial charge is 0.298 e. The van der Waals surface area contributed by atoms with Crippen LogP contribution < -0.4 is 0 Å². The normalized spacial score (nSPS) is 24.2. The highest BCUT2D eigenvalue weighted by atomic mass is 32.2. The Bertz CT molecular complexity index is 290. The number of rotatable bonds is 3. The van der Waals surface area contributed by atoms with Crippen LogP contribution in [0.15, 0.2) is 0 Å². The van der Waals surface area contributed by atoms with Gasteiger partial charge in [0.2, 0.25) is 0 Å². The molecule has 0 aliphatic heterocycles.